The molecule has 0 aromatic heterocycles. The molecule has 0 aliphatic carbocycles. The van der Waals surface area contributed by atoms with Crippen molar-refractivity contribution in [3.63, 3.8) is 0 Å². The number of benzene rings is 2. The largest absolute Gasteiger partial charge is 0.0613 e. The minimum atomic E-state index is 1.05. The lowest BCUT2D eigenvalue weighted by Gasteiger charge is -2.12. The monoisotopic (exact) mass is 266 g/mol. The van der Waals surface area contributed by atoms with E-state index in [0.29, 0.717) is 0 Å². The number of hydrogen-bond acceptors (Lipinski definition) is 0. The van der Waals surface area contributed by atoms with Crippen molar-refractivity contribution < 1.29 is 0 Å². The highest BCUT2D eigenvalue weighted by Crippen LogP contribution is 2.20. The quantitative estimate of drug-likeness (QED) is 0.691. The second-order valence-electron chi connectivity index (χ2n) is 5.60. The smallest absolute Gasteiger partial charge is 0.00229 e. The second kappa shape index (κ2) is 6.74. The average Bonchev–Trinajstić information content (AvgIpc) is 2.48. The first-order valence-corrected chi connectivity index (χ1v) is 7.87. The van der Waals surface area contributed by atoms with Gasteiger partial charge in [-0.05, 0) is 66.0 Å². The van der Waals surface area contributed by atoms with E-state index in [-0.39, 0.29) is 0 Å². The van der Waals surface area contributed by atoms with E-state index >= 15 is 0 Å². The van der Waals surface area contributed by atoms with Crippen LogP contribution in [-0.2, 0) is 25.7 Å². The molecule has 0 aliphatic heterocycles. The predicted octanol–water partition coefficient (Wildman–Crippen LogP) is 5.27. The Kier molecular flexibility index (Phi) is 5.00. The summed E-state index contributed by atoms with van der Waals surface area (Å²) in [7, 11) is 0. The van der Waals surface area contributed by atoms with Crippen molar-refractivity contribution in [1.82, 2.24) is 0 Å². The standard InChI is InChI=1S/C20H26/c1-5-16-8-11-20(19(7-3)13-16)14-17-9-10-18(6-2)15(4)12-17/h8-13H,5-7,14H2,1-4H3. The third-order valence-electron chi connectivity index (χ3n) is 4.24. The number of hydrogen-bond donors (Lipinski definition) is 0. The van der Waals surface area contributed by atoms with E-state index in [9.17, 15) is 0 Å². The molecular formula is C20H26. The van der Waals surface area contributed by atoms with Gasteiger partial charge in [-0.1, -0.05) is 57.2 Å². The average molecular weight is 266 g/mol. The van der Waals surface area contributed by atoms with Crippen LogP contribution in [0, 0.1) is 6.92 Å². The van der Waals surface area contributed by atoms with Gasteiger partial charge in [0.1, 0.15) is 0 Å². The lowest BCUT2D eigenvalue weighted by atomic mass is 9.94. The van der Waals surface area contributed by atoms with Crippen LogP contribution in [0.3, 0.4) is 0 Å². The van der Waals surface area contributed by atoms with Crippen LogP contribution in [0.25, 0.3) is 0 Å². The Balaban J connectivity index is 2.27. The molecule has 0 heterocycles. The van der Waals surface area contributed by atoms with E-state index < -0.39 is 0 Å². The Hall–Kier alpha value is -1.56. The van der Waals surface area contributed by atoms with Crippen LogP contribution < -0.4 is 0 Å². The lowest BCUT2D eigenvalue weighted by Crippen LogP contribution is -1.98. The molecule has 0 heteroatoms. The van der Waals surface area contributed by atoms with E-state index in [1.165, 1.54) is 33.4 Å². The van der Waals surface area contributed by atoms with Gasteiger partial charge in [-0.3, -0.25) is 0 Å². The molecule has 0 saturated carbocycles. The third kappa shape index (κ3) is 3.30. The van der Waals surface area contributed by atoms with Gasteiger partial charge in [0.2, 0.25) is 0 Å². The van der Waals surface area contributed by atoms with Gasteiger partial charge in [-0.2, -0.15) is 0 Å². The van der Waals surface area contributed by atoms with Gasteiger partial charge >= 0.3 is 0 Å². The zero-order valence-corrected chi connectivity index (χ0v) is 13.3. The van der Waals surface area contributed by atoms with Gasteiger partial charge in [0.05, 0.1) is 0 Å². The third-order valence-corrected chi connectivity index (χ3v) is 4.24. The van der Waals surface area contributed by atoms with Crippen LogP contribution in [0.2, 0.25) is 0 Å². The highest BCUT2D eigenvalue weighted by molar-refractivity contribution is 5.38. The van der Waals surface area contributed by atoms with Crippen molar-refractivity contribution in [3.05, 3.63) is 69.8 Å². The van der Waals surface area contributed by atoms with E-state index in [1.807, 2.05) is 0 Å². The van der Waals surface area contributed by atoms with Crippen molar-refractivity contribution in [2.24, 2.45) is 0 Å². The van der Waals surface area contributed by atoms with Crippen molar-refractivity contribution in [1.29, 1.82) is 0 Å². The topological polar surface area (TPSA) is 0 Å². The van der Waals surface area contributed by atoms with Crippen molar-refractivity contribution >= 4 is 0 Å². The molecule has 0 N–H and O–H groups in total. The van der Waals surface area contributed by atoms with Gasteiger partial charge in [0.15, 0.2) is 0 Å². The molecule has 0 radical (unpaired) electrons. The fraction of sp³-hybridized carbons (Fsp3) is 0.400. The lowest BCUT2D eigenvalue weighted by molar-refractivity contribution is 1.03. The Morgan fingerprint density at radius 1 is 0.650 bits per heavy atom. The minimum absolute atomic E-state index is 1.05. The molecule has 0 nitrogen and oxygen atoms in total. The summed E-state index contributed by atoms with van der Waals surface area (Å²) in [6.45, 7) is 8.93. The molecule has 0 atom stereocenters. The summed E-state index contributed by atoms with van der Waals surface area (Å²) < 4.78 is 0. The van der Waals surface area contributed by atoms with E-state index in [2.05, 4.69) is 64.1 Å². The van der Waals surface area contributed by atoms with E-state index in [4.69, 9.17) is 0 Å². The number of rotatable bonds is 5. The maximum Gasteiger partial charge on any atom is -0.00229 e. The Labute approximate surface area is 123 Å². The van der Waals surface area contributed by atoms with E-state index in [0.717, 1.165) is 25.7 Å². The number of aryl methyl sites for hydroxylation is 4. The molecule has 0 bridgehead atoms. The van der Waals surface area contributed by atoms with E-state index in [1.54, 1.807) is 0 Å². The molecule has 0 saturated heterocycles. The molecule has 0 amide bonds. The van der Waals surface area contributed by atoms with Gasteiger partial charge in [0, 0.05) is 0 Å². The normalized spacial score (nSPS) is 10.8. The fourth-order valence-electron chi connectivity index (χ4n) is 2.89. The van der Waals surface area contributed by atoms with Crippen LogP contribution in [-0.4, -0.2) is 0 Å². The van der Waals surface area contributed by atoms with Gasteiger partial charge < -0.3 is 0 Å². The van der Waals surface area contributed by atoms with Gasteiger partial charge in [-0.15, -0.1) is 0 Å². The zero-order valence-electron chi connectivity index (χ0n) is 13.3. The van der Waals surface area contributed by atoms with Crippen LogP contribution in [0.4, 0.5) is 0 Å². The Bertz CT molecular complexity index is 579. The molecule has 0 fully saturated rings. The second-order valence-corrected chi connectivity index (χ2v) is 5.60. The first-order valence-electron chi connectivity index (χ1n) is 7.87. The van der Waals surface area contributed by atoms with Crippen molar-refractivity contribution in [2.75, 3.05) is 0 Å². The molecule has 2 aromatic carbocycles. The Morgan fingerprint density at radius 3 is 1.90 bits per heavy atom. The minimum Gasteiger partial charge on any atom is -0.0613 e. The summed E-state index contributed by atoms with van der Waals surface area (Å²) in [6.07, 6.45) is 4.42. The summed E-state index contributed by atoms with van der Waals surface area (Å²) in [5.41, 5.74) is 8.75. The summed E-state index contributed by atoms with van der Waals surface area (Å²) >= 11 is 0. The molecule has 0 unspecified atom stereocenters. The molecular weight excluding hydrogens is 240 g/mol. The highest BCUT2D eigenvalue weighted by atomic mass is 14.1. The van der Waals surface area contributed by atoms with Gasteiger partial charge in [0.25, 0.3) is 0 Å². The van der Waals surface area contributed by atoms with Gasteiger partial charge in [-0.25, -0.2) is 0 Å². The molecule has 0 aliphatic rings. The summed E-state index contributed by atoms with van der Waals surface area (Å²) in [5, 5.41) is 0. The summed E-state index contributed by atoms with van der Waals surface area (Å²) in [5.74, 6) is 0. The van der Waals surface area contributed by atoms with Crippen LogP contribution >= 0.6 is 0 Å². The maximum atomic E-state index is 2.38. The van der Waals surface area contributed by atoms with Crippen LogP contribution in [0.1, 0.15) is 54.2 Å². The first kappa shape index (κ1) is 14.8. The zero-order chi connectivity index (χ0) is 14.5. The molecule has 0 spiro atoms. The van der Waals surface area contributed by atoms with Crippen LogP contribution in [0.5, 0.6) is 0 Å². The summed E-state index contributed by atoms with van der Waals surface area (Å²) in [4.78, 5) is 0. The molecule has 2 aromatic rings. The highest BCUT2D eigenvalue weighted by Gasteiger charge is 2.05. The fourth-order valence-corrected chi connectivity index (χ4v) is 2.89. The molecule has 106 valence electrons. The predicted molar refractivity (Wildman–Crippen MR) is 88.6 cm³/mol. The van der Waals surface area contributed by atoms with Crippen molar-refractivity contribution in [3.8, 4) is 0 Å². The molecule has 20 heavy (non-hydrogen) atoms. The summed E-state index contributed by atoms with van der Waals surface area (Å²) in [6, 6.07) is 13.9. The maximum absolute atomic E-state index is 2.38. The SMILES string of the molecule is CCc1ccc(Cc2ccc(CC)c(C)c2)c(CC)c1. The van der Waals surface area contributed by atoms with Crippen LogP contribution in [0.15, 0.2) is 36.4 Å². The first-order chi connectivity index (χ1) is 9.67. The molecule has 2 rings (SSSR count). The Morgan fingerprint density at radius 2 is 1.30 bits per heavy atom. The van der Waals surface area contributed by atoms with Crippen molar-refractivity contribution in [2.45, 2.75) is 53.4 Å².